The Hall–Kier alpha value is -0.770. The Bertz CT molecular complexity index is 208. The van der Waals surface area contributed by atoms with Crippen LogP contribution in [0.15, 0.2) is 0 Å². The summed E-state index contributed by atoms with van der Waals surface area (Å²) in [5, 5.41) is 5.91. The van der Waals surface area contributed by atoms with Gasteiger partial charge in [-0.2, -0.15) is 0 Å². The third-order valence-corrected chi connectivity index (χ3v) is 3.20. The molecule has 0 aromatic heterocycles. The van der Waals surface area contributed by atoms with Crippen LogP contribution in [-0.2, 0) is 4.74 Å². The minimum atomic E-state index is -0.0305. The van der Waals surface area contributed by atoms with E-state index >= 15 is 0 Å². The van der Waals surface area contributed by atoms with Gasteiger partial charge in [-0.25, -0.2) is 4.79 Å². The van der Waals surface area contributed by atoms with Crippen molar-refractivity contribution in [3.05, 3.63) is 0 Å². The van der Waals surface area contributed by atoms with Crippen molar-refractivity contribution in [2.45, 2.75) is 38.3 Å². The normalized spacial score (nSPS) is 36.2. The van der Waals surface area contributed by atoms with E-state index in [1.54, 1.807) is 0 Å². The van der Waals surface area contributed by atoms with E-state index in [1.165, 1.54) is 6.42 Å². The van der Waals surface area contributed by atoms with Gasteiger partial charge in [-0.05, 0) is 25.2 Å². The second kappa shape index (κ2) is 4.17. The Labute approximate surface area is 84.4 Å². The van der Waals surface area contributed by atoms with Crippen LogP contribution < -0.4 is 10.6 Å². The molecule has 80 valence electrons. The van der Waals surface area contributed by atoms with Gasteiger partial charge >= 0.3 is 6.03 Å². The van der Waals surface area contributed by atoms with Crippen molar-refractivity contribution in [3.63, 3.8) is 0 Å². The molecule has 1 saturated heterocycles. The van der Waals surface area contributed by atoms with Crippen molar-refractivity contribution in [3.8, 4) is 0 Å². The molecular weight excluding hydrogens is 180 g/mol. The molecule has 3 atom stereocenters. The molecule has 2 aliphatic rings. The Morgan fingerprint density at radius 2 is 2.14 bits per heavy atom. The van der Waals surface area contributed by atoms with Crippen molar-refractivity contribution < 1.29 is 9.53 Å². The highest BCUT2D eigenvalue weighted by Crippen LogP contribution is 2.26. The summed E-state index contributed by atoms with van der Waals surface area (Å²) in [4.78, 5) is 11.5. The van der Waals surface area contributed by atoms with Crippen molar-refractivity contribution in [2.75, 3.05) is 13.2 Å². The van der Waals surface area contributed by atoms with E-state index in [-0.39, 0.29) is 12.1 Å². The summed E-state index contributed by atoms with van der Waals surface area (Å²) < 4.78 is 5.18. The zero-order chi connectivity index (χ0) is 9.97. The molecule has 0 aromatic rings. The SMILES string of the molecule is CC1CCC1NC(=O)NC1CCOC1. The molecule has 14 heavy (non-hydrogen) atoms. The fourth-order valence-corrected chi connectivity index (χ4v) is 1.92. The molecule has 1 aliphatic heterocycles. The smallest absolute Gasteiger partial charge is 0.315 e. The van der Waals surface area contributed by atoms with Crippen LogP contribution in [0.25, 0.3) is 0 Å². The number of hydrogen-bond donors (Lipinski definition) is 2. The molecular formula is C10H18N2O2. The van der Waals surface area contributed by atoms with Crippen LogP contribution in [0.3, 0.4) is 0 Å². The van der Waals surface area contributed by atoms with Gasteiger partial charge in [0.1, 0.15) is 0 Å². The maximum Gasteiger partial charge on any atom is 0.315 e. The summed E-state index contributed by atoms with van der Waals surface area (Å²) in [7, 11) is 0. The van der Waals surface area contributed by atoms with Gasteiger partial charge in [-0.3, -0.25) is 0 Å². The zero-order valence-electron chi connectivity index (χ0n) is 8.58. The summed E-state index contributed by atoms with van der Waals surface area (Å²) in [6.07, 6.45) is 3.29. The number of hydrogen-bond acceptors (Lipinski definition) is 2. The third kappa shape index (κ3) is 2.18. The number of rotatable bonds is 2. The second-order valence-electron chi connectivity index (χ2n) is 4.34. The molecule has 0 spiro atoms. The average molecular weight is 198 g/mol. The summed E-state index contributed by atoms with van der Waals surface area (Å²) in [5.41, 5.74) is 0. The van der Waals surface area contributed by atoms with Gasteiger partial charge in [0.15, 0.2) is 0 Å². The van der Waals surface area contributed by atoms with Crippen molar-refractivity contribution in [1.29, 1.82) is 0 Å². The molecule has 2 fully saturated rings. The van der Waals surface area contributed by atoms with E-state index in [0.717, 1.165) is 19.4 Å². The number of ether oxygens (including phenoxy) is 1. The molecule has 2 N–H and O–H groups in total. The number of carbonyl (C=O) groups excluding carboxylic acids is 1. The van der Waals surface area contributed by atoms with Gasteiger partial charge in [0.2, 0.25) is 0 Å². The van der Waals surface area contributed by atoms with Crippen LogP contribution in [0.5, 0.6) is 0 Å². The van der Waals surface area contributed by atoms with Crippen LogP contribution >= 0.6 is 0 Å². The first-order valence-corrected chi connectivity index (χ1v) is 5.40. The standard InChI is InChI=1S/C10H18N2O2/c1-7-2-3-9(7)12-10(13)11-8-4-5-14-6-8/h7-9H,2-6H2,1H3,(H2,11,12,13). The number of nitrogens with one attached hydrogen (secondary N) is 2. The van der Waals surface area contributed by atoms with Crippen LogP contribution in [0.1, 0.15) is 26.2 Å². The highest BCUT2D eigenvalue weighted by Gasteiger charge is 2.28. The van der Waals surface area contributed by atoms with Gasteiger partial charge < -0.3 is 15.4 Å². The molecule has 0 bridgehead atoms. The predicted molar refractivity (Wildman–Crippen MR) is 53.1 cm³/mol. The second-order valence-corrected chi connectivity index (χ2v) is 4.34. The summed E-state index contributed by atoms with van der Waals surface area (Å²) >= 11 is 0. The largest absolute Gasteiger partial charge is 0.379 e. The number of amides is 2. The molecule has 1 saturated carbocycles. The molecule has 4 nitrogen and oxygen atoms in total. The van der Waals surface area contributed by atoms with Crippen LogP contribution in [0.4, 0.5) is 4.79 Å². The summed E-state index contributed by atoms with van der Waals surface area (Å²) in [6.45, 7) is 3.60. The van der Waals surface area contributed by atoms with Gasteiger partial charge in [0, 0.05) is 12.6 Å². The first-order chi connectivity index (χ1) is 6.75. The maximum atomic E-state index is 11.5. The van der Waals surface area contributed by atoms with E-state index in [0.29, 0.717) is 18.6 Å². The first-order valence-electron chi connectivity index (χ1n) is 5.40. The van der Waals surface area contributed by atoms with Crippen LogP contribution in [-0.4, -0.2) is 31.3 Å². The molecule has 1 heterocycles. The molecule has 2 rings (SSSR count). The Morgan fingerprint density at radius 1 is 1.29 bits per heavy atom. The van der Waals surface area contributed by atoms with Gasteiger partial charge in [0.05, 0.1) is 12.6 Å². The van der Waals surface area contributed by atoms with Crippen molar-refractivity contribution in [1.82, 2.24) is 10.6 Å². The highest BCUT2D eigenvalue weighted by molar-refractivity contribution is 5.74. The number of urea groups is 1. The lowest BCUT2D eigenvalue weighted by Crippen LogP contribution is -2.51. The summed E-state index contributed by atoms with van der Waals surface area (Å²) in [5.74, 6) is 0.639. The third-order valence-electron chi connectivity index (χ3n) is 3.20. The minimum Gasteiger partial charge on any atom is -0.379 e. The molecule has 0 radical (unpaired) electrons. The van der Waals surface area contributed by atoms with E-state index in [1.807, 2.05) is 0 Å². The summed E-state index contributed by atoms with van der Waals surface area (Å²) in [6, 6.07) is 0.569. The van der Waals surface area contributed by atoms with E-state index in [9.17, 15) is 4.79 Å². The van der Waals surface area contributed by atoms with Crippen LogP contribution in [0, 0.1) is 5.92 Å². The first kappa shape index (κ1) is 9.77. The zero-order valence-corrected chi connectivity index (χ0v) is 8.58. The molecule has 3 unspecified atom stereocenters. The van der Waals surface area contributed by atoms with Gasteiger partial charge in [-0.15, -0.1) is 0 Å². The lowest BCUT2D eigenvalue weighted by atomic mass is 9.81. The van der Waals surface area contributed by atoms with E-state index in [2.05, 4.69) is 17.6 Å². The Morgan fingerprint density at radius 3 is 2.64 bits per heavy atom. The maximum absolute atomic E-state index is 11.5. The van der Waals surface area contributed by atoms with Gasteiger partial charge in [0.25, 0.3) is 0 Å². The average Bonchev–Trinajstić information content (AvgIpc) is 2.64. The Kier molecular flexibility index (Phi) is 2.91. The van der Waals surface area contributed by atoms with Gasteiger partial charge in [-0.1, -0.05) is 6.92 Å². The lowest BCUT2D eigenvalue weighted by Gasteiger charge is -2.34. The fourth-order valence-electron chi connectivity index (χ4n) is 1.92. The number of carbonyl (C=O) groups is 1. The quantitative estimate of drug-likeness (QED) is 0.692. The van der Waals surface area contributed by atoms with E-state index < -0.39 is 0 Å². The van der Waals surface area contributed by atoms with Crippen molar-refractivity contribution in [2.24, 2.45) is 5.92 Å². The minimum absolute atomic E-state index is 0.0305. The molecule has 4 heteroatoms. The molecule has 1 aliphatic carbocycles. The predicted octanol–water partition coefficient (Wildman–Crippen LogP) is 0.873. The Balaban J connectivity index is 1.67. The van der Waals surface area contributed by atoms with Crippen LogP contribution in [0.2, 0.25) is 0 Å². The van der Waals surface area contributed by atoms with E-state index in [4.69, 9.17) is 4.74 Å². The molecule has 2 amide bonds. The fraction of sp³-hybridized carbons (Fsp3) is 0.900. The highest BCUT2D eigenvalue weighted by atomic mass is 16.5. The lowest BCUT2D eigenvalue weighted by molar-refractivity contribution is 0.183. The topological polar surface area (TPSA) is 50.4 Å². The molecule has 0 aromatic carbocycles. The monoisotopic (exact) mass is 198 g/mol. The van der Waals surface area contributed by atoms with Crippen molar-refractivity contribution >= 4 is 6.03 Å².